The standard InChI is InChI=1S/C23H24FN5O/c24-18-5-3-6-19(15-18)26-23(30)16-29-13-10-17(11-14-29)20-7-4-9-22(27-20)28-21-8-1-2-12-25-21/h1-9,12,15,17H,10-11,13-14,16H2,(H,26,30)(H,25,27,28). The Morgan fingerprint density at radius 1 is 1.03 bits per heavy atom. The van der Waals surface area contributed by atoms with Crippen LogP contribution in [0, 0.1) is 5.82 Å². The Kier molecular flexibility index (Phi) is 6.29. The number of anilines is 3. The molecule has 0 radical (unpaired) electrons. The van der Waals surface area contributed by atoms with Gasteiger partial charge in [0.1, 0.15) is 17.5 Å². The number of carbonyl (C=O) groups excluding carboxylic acids is 1. The Hall–Kier alpha value is -3.32. The molecule has 2 aromatic heterocycles. The minimum atomic E-state index is -0.360. The molecule has 1 aromatic carbocycles. The van der Waals surface area contributed by atoms with Gasteiger partial charge in [0.25, 0.3) is 0 Å². The highest BCUT2D eigenvalue weighted by Crippen LogP contribution is 2.27. The largest absolute Gasteiger partial charge is 0.325 e. The second kappa shape index (κ2) is 9.45. The van der Waals surface area contributed by atoms with Crippen LogP contribution in [0.1, 0.15) is 24.5 Å². The molecule has 3 aromatic rings. The highest BCUT2D eigenvalue weighted by molar-refractivity contribution is 5.92. The van der Waals surface area contributed by atoms with Gasteiger partial charge in [0, 0.05) is 23.5 Å². The molecule has 6 nitrogen and oxygen atoms in total. The lowest BCUT2D eigenvalue weighted by Crippen LogP contribution is -2.38. The number of halogens is 1. The van der Waals surface area contributed by atoms with Crippen LogP contribution in [0.2, 0.25) is 0 Å². The zero-order valence-corrected chi connectivity index (χ0v) is 16.6. The fourth-order valence-corrected chi connectivity index (χ4v) is 3.67. The number of benzene rings is 1. The van der Waals surface area contributed by atoms with Crippen LogP contribution in [0.15, 0.2) is 66.9 Å². The van der Waals surface area contributed by atoms with Crippen LogP contribution in [0.4, 0.5) is 21.7 Å². The Morgan fingerprint density at radius 2 is 1.83 bits per heavy atom. The lowest BCUT2D eigenvalue weighted by Gasteiger charge is -2.31. The number of hydrogen-bond acceptors (Lipinski definition) is 5. The van der Waals surface area contributed by atoms with E-state index in [9.17, 15) is 9.18 Å². The molecule has 2 N–H and O–H groups in total. The van der Waals surface area contributed by atoms with Crippen LogP contribution >= 0.6 is 0 Å². The number of nitrogens with one attached hydrogen (secondary N) is 2. The third-order valence-electron chi connectivity index (χ3n) is 5.17. The summed E-state index contributed by atoms with van der Waals surface area (Å²) < 4.78 is 13.3. The van der Waals surface area contributed by atoms with E-state index in [0.29, 0.717) is 18.2 Å². The minimum Gasteiger partial charge on any atom is -0.325 e. The van der Waals surface area contributed by atoms with Crippen LogP contribution in [0.25, 0.3) is 0 Å². The average molecular weight is 405 g/mol. The summed E-state index contributed by atoms with van der Waals surface area (Å²) in [6.07, 6.45) is 3.62. The average Bonchev–Trinajstić information content (AvgIpc) is 2.75. The summed E-state index contributed by atoms with van der Waals surface area (Å²) in [4.78, 5) is 23.4. The SMILES string of the molecule is O=C(CN1CCC(c2cccc(Nc3ccccn3)n2)CC1)Nc1cccc(F)c1. The van der Waals surface area contributed by atoms with E-state index in [4.69, 9.17) is 4.98 Å². The fraction of sp³-hybridized carbons (Fsp3) is 0.261. The van der Waals surface area contributed by atoms with Gasteiger partial charge in [-0.25, -0.2) is 14.4 Å². The van der Waals surface area contributed by atoms with Crippen molar-refractivity contribution in [1.29, 1.82) is 0 Å². The first-order valence-corrected chi connectivity index (χ1v) is 10.1. The molecule has 1 amide bonds. The maximum absolute atomic E-state index is 13.3. The topological polar surface area (TPSA) is 70.2 Å². The number of nitrogens with zero attached hydrogens (tertiary/aromatic N) is 3. The number of carbonyl (C=O) groups is 1. The first-order valence-electron chi connectivity index (χ1n) is 10.1. The summed E-state index contributed by atoms with van der Waals surface area (Å²) in [7, 11) is 0. The fourth-order valence-electron chi connectivity index (χ4n) is 3.67. The van der Waals surface area contributed by atoms with Crippen molar-refractivity contribution in [3.63, 3.8) is 0 Å². The normalized spacial score (nSPS) is 15.0. The van der Waals surface area contributed by atoms with Crippen LogP contribution in [-0.4, -0.2) is 40.4 Å². The number of pyridine rings is 2. The van der Waals surface area contributed by atoms with E-state index in [1.165, 1.54) is 12.1 Å². The van der Waals surface area contributed by atoms with Gasteiger partial charge >= 0.3 is 0 Å². The maximum Gasteiger partial charge on any atom is 0.238 e. The molecule has 0 atom stereocenters. The molecule has 1 fully saturated rings. The van der Waals surface area contributed by atoms with Crippen molar-refractivity contribution in [3.8, 4) is 0 Å². The van der Waals surface area contributed by atoms with Gasteiger partial charge in [-0.1, -0.05) is 18.2 Å². The van der Waals surface area contributed by atoms with Crippen LogP contribution in [0.5, 0.6) is 0 Å². The van der Waals surface area contributed by atoms with E-state index in [1.807, 2.05) is 30.3 Å². The molecular formula is C23H24FN5O. The molecule has 0 bridgehead atoms. The Balaban J connectivity index is 1.29. The van der Waals surface area contributed by atoms with E-state index < -0.39 is 0 Å². The van der Waals surface area contributed by atoms with Crippen molar-refractivity contribution in [1.82, 2.24) is 14.9 Å². The van der Waals surface area contributed by atoms with Gasteiger partial charge in [-0.2, -0.15) is 0 Å². The highest BCUT2D eigenvalue weighted by Gasteiger charge is 2.23. The zero-order valence-electron chi connectivity index (χ0n) is 16.6. The lowest BCUT2D eigenvalue weighted by atomic mass is 9.93. The Bertz CT molecular complexity index is 990. The van der Waals surface area contributed by atoms with Gasteiger partial charge in [0.2, 0.25) is 5.91 Å². The number of rotatable bonds is 6. The highest BCUT2D eigenvalue weighted by atomic mass is 19.1. The number of piperidine rings is 1. The summed E-state index contributed by atoms with van der Waals surface area (Å²) in [5, 5.41) is 5.99. The molecule has 0 unspecified atom stereocenters. The molecule has 30 heavy (non-hydrogen) atoms. The van der Waals surface area contributed by atoms with E-state index in [-0.39, 0.29) is 11.7 Å². The number of likely N-dealkylation sites (tertiary alicyclic amines) is 1. The van der Waals surface area contributed by atoms with Gasteiger partial charge in [-0.05, 0) is 68.4 Å². The first-order chi connectivity index (χ1) is 14.7. The molecule has 0 spiro atoms. The van der Waals surface area contributed by atoms with Crippen molar-refractivity contribution in [3.05, 3.63) is 78.4 Å². The molecule has 0 saturated carbocycles. The number of aromatic nitrogens is 2. The van der Waals surface area contributed by atoms with Crippen molar-refractivity contribution in [2.45, 2.75) is 18.8 Å². The van der Waals surface area contributed by atoms with Crippen LogP contribution in [0.3, 0.4) is 0 Å². The lowest BCUT2D eigenvalue weighted by molar-refractivity contribution is -0.117. The summed E-state index contributed by atoms with van der Waals surface area (Å²) >= 11 is 0. The van der Waals surface area contributed by atoms with Gasteiger partial charge < -0.3 is 10.6 Å². The first kappa shape index (κ1) is 20.0. The molecule has 1 saturated heterocycles. The second-order valence-electron chi connectivity index (χ2n) is 7.40. The zero-order chi connectivity index (χ0) is 20.8. The van der Waals surface area contributed by atoms with Crippen molar-refractivity contribution in [2.75, 3.05) is 30.3 Å². The number of amides is 1. The molecule has 3 heterocycles. The van der Waals surface area contributed by atoms with E-state index in [1.54, 1.807) is 18.3 Å². The van der Waals surface area contributed by atoms with Crippen molar-refractivity contribution in [2.24, 2.45) is 0 Å². The predicted molar refractivity (Wildman–Crippen MR) is 115 cm³/mol. The summed E-state index contributed by atoms with van der Waals surface area (Å²) in [5.41, 5.74) is 1.54. The predicted octanol–water partition coefficient (Wildman–Crippen LogP) is 4.18. The van der Waals surface area contributed by atoms with Crippen LogP contribution in [-0.2, 0) is 4.79 Å². The van der Waals surface area contributed by atoms with E-state index in [2.05, 4.69) is 26.6 Å². The maximum atomic E-state index is 13.3. The Labute approximate surface area is 175 Å². The molecule has 1 aliphatic heterocycles. The Morgan fingerprint density at radius 3 is 2.60 bits per heavy atom. The van der Waals surface area contributed by atoms with Crippen molar-refractivity contribution >= 4 is 23.2 Å². The molecule has 154 valence electrons. The molecule has 0 aliphatic carbocycles. The smallest absolute Gasteiger partial charge is 0.238 e. The summed E-state index contributed by atoms with van der Waals surface area (Å²) in [6, 6.07) is 17.7. The molecule has 7 heteroatoms. The van der Waals surface area contributed by atoms with Crippen molar-refractivity contribution < 1.29 is 9.18 Å². The third-order valence-corrected chi connectivity index (χ3v) is 5.17. The van der Waals surface area contributed by atoms with Gasteiger partial charge in [0.05, 0.1) is 6.54 Å². The minimum absolute atomic E-state index is 0.126. The summed E-state index contributed by atoms with van der Waals surface area (Å²) in [5.74, 6) is 1.42. The molecule has 1 aliphatic rings. The van der Waals surface area contributed by atoms with E-state index >= 15 is 0 Å². The van der Waals surface area contributed by atoms with Crippen LogP contribution < -0.4 is 10.6 Å². The molecule has 4 rings (SSSR count). The second-order valence-corrected chi connectivity index (χ2v) is 7.40. The van der Waals surface area contributed by atoms with Gasteiger partial charge in [0.15, 0.2) is 0 Å². The van der Waals surface area contributed by atoms with Gasteiger partial charge in [-0.3, -0.25) is 9.69 Å². The number of hydrogen-bond donors (Lipinski definition) is 2. The third kappa shape index (κ3) is 5.39. The monoisotopic (exact) mass is 405 g/mol. The summed E-state index contributed by atoms with van der Waals surface area (Å²) in [6.45, 7) is 1.94. The van der Waals surface area contributed by atoms with E-state index in [0.717, 1.165) is 43.3 Å². The molecular weight excluding hydrogens is 381 g/mol. The van der Waals surface area contributed by atoms with Gasteiger partial charge in [-0.15, -0.1) is 0 Å². The quantitative estimate of drug-likeness (QED) is 0.644.